The Hall–Kier alpha value is -1.67. The fourth-order valence-electron chi connectivity index (χ4n) is 1.58. The van der Waals surface area contributed by atoms with Gasteiger partial charge in [0.1, 0.15) is 17.4 Å². The van der Waals surface area contributed by atoms with Gasteiger partial charge in [0, 0.05) is 17.5 Å². The SMILES string of the molecule is OCC#Cc1cccc(OCCSc2ncccc2Cl)c1. The first-order valence-corrected chi connectivity index (χ1v) is 7.72. The van der Waals surface area contributed by atoms with Crippen molar-refractivity contribution in [1.29, 1.82) is 0 Å². The fourth-order valence-corrected chi connectivity index (χ4v) is 2.57. The third-order valence-electron chi connectivity index (χ3n) is 2.46. The normalized spacial score (nSPS) is 9.81. The summed E-state index contributed by atoms with van der Waals surface area (Å²) in [7, 11) is 0. The Morgan fingerprint density at radius 3 is 3.00 bits per heavy atom. The average Bonchev–Trinajstić information content (AvgIpc) is 2.51. The third-order valence-corrected chi connectivity index (χ3v) is 3.85. The lowest BCUT2D eigenvalue weighted by atomic mass is 10.2. The second kappa shape index (κ2) is 8.58. The van der Waals surface area contributed by atoms with Crippen LogP contribution in [0.4, 0.5) is 0 Å². The molecule has 0 fully saturated rings. The molecular weight excluding hydrogens is 306 g/mol. The van der Waals surface area contributed by atoms with Crippen LogP contribution in [0.1, 0.15) is 5.56 Å². The number of halogens is 1. The van der Waals surface area contributed by atoms with Gasteiger partial charge in [-0.05, 0) is 30.3 Å². The molecule has 0 aliphatic heterocycles. The monoisotopic (exact) mass is 319 g/mol. The maximum absolute atomic E-state index is 8.68. The zero-order valence-electron chi connectivity index (χ0n) is 11.3. The van der Waals surface area contributed by atoms with E-state index < -0.39 is 0 Å². The van der Waals surface area contributed by atoms with E-state index in [4.69, 9.17) is 21.4 Å². The summed E-state index contributed by atoms with van der Waals surface area (Å²) < 4.78 is 5.67. The number of ether oxygens (including phenoxy) is 1. The molecule has 5 heteroatoms. The number of thioether (sulfide) groups is 1. The summed E-state index contributed by atoms with van der Waals surface area (Å²) in [5.74, 6) is 6.97. The van der Waals surface area contributed by atoms with Gasteiger partial charge in [-0.3, -0.25) is 0 Å². The highest BCUT2D eigenvalue weighted by Crippen LogP contribution is 2.24. The van der Waals surface area contributed by atoms with E-state index in [2.05, 4.69) is 16.8 Å². The van der Waals surface area contributed by atoms with Gasteiger partial charge in [-0.25, -0.2) is 4.98 Å². The molecule has 2 aromatic rings. The van der Waals surface area contributed by atoms with E-state index in [1.807, 2.05) is 36.4 Å². The van der Waals surface area contributed by atoms with E-state index in [0.717, 1.165) is 22.1 Å². The minimum Gasteiger partial charge on any atom is -0.493 e. The molecule has 3 nitrogen and oxygen atoms in total. The Morgan fingerprint density at radius 1 is 1.29 bits per heavy atom. The molecule has 0 unspecified atom stereocenters. The number of aromatic nitrogens is 1. The first-order chi connectivity index (χ1) is 10.3. The predicted molar refractivity (Wildman–Crippen MR) is 85.9 cm³/mol. The maximum atomic E-state index is 8.68. The minimum absolute atomic E-state index is 0.146. The van der Waals surface area contributed by atoms with Crippen molar-refractivity contribution < 1.29 is 9.84 Å². The highest BCUT2D eigenvalue weighted by Gasteiger charge is 2.01. The van der Waals surface area contributed by atoms with Crippen LogP contribution in [0, 0.1) is 11.8 Å². The molecule has 2 rings (SSSR count). The molecule has 21 heavy (non-hydrogen) atoms. The summed E-state index contributed by atoms with van der Waals surface area (Å²) in [4.78, 5) is 4.20. The predicted octanol–water partition coefficient (Wildman–Crippen LogP) is 3.25. The third kappa shape index (κ3) is 5.31. The van der Waals surface area contributed by atoms with E-state index in [1.54, 1.807) is 18.0 Å². The van der Waals surface area contributed by atoms with Crippen LogP contribution in [0.3, 0.4) is 0 Å². The van der Waals surface area contributed by atoms with Gasteiger partial charge >= 0.3 is 0 Å². The Bertz CT molecular complexity index is 652. The van der Waals surface area contributed by atoms with E-state index in [-0.39, 0.29) is 6.61 Å². The van der Waals surface area contributed by atoms with Crippen LogP contribution in [0.5, 0.6) is 5.75 Å². The lowest BCUT2D eigenvalue weighted by Gasteiger charge is -2.06. The van der Waals surface area contributed by atoms with Crippen LogP contribution in [-0.2, 0) is 0 Å². The Balaban J connectivity index is 1.82. The van der Waals surface area contributed by atoms with Gasteiger partial charge in [0.15, 0.2) is 0 Å². The van der Waals surface area contributed by atoms with Gasteiger partial charge in [-0.1, -0.05) is 29.5 Å². The van der Waals surface area contributed by atoms with Gasteiger partial charge in [0.25, 0.3) is 0 Å². The second-order valence-corrected chi connectivity index (χ2v) is 5.47. The summed E-state index contributed by atoms with van der Waals surface area (Å²) >= 11 is 7.58. The Morgan fingerprint density at radius 2 is 2.19 bits per heavy atom. The molecule has 0 saturated heterocycles. The molecule has 0 bridgehead atoms. The van der Waals surface area contributed by atoms with E-state index in [0.29, 0.717) is 11.6 Å². The zero-order chi connectivity index (χ0) is 14.9. The molecule has 0 saturated carbocycles. The molecule has 0 amide bonds. The van der Waals surface area contributed by atoms with Gasteiger partial charge in [0.2, 0.25) is 0 Å². The fraction of sp³-hybridized carbons (Fsp3) is 0.188. The molecule has 0 aliphatic carbocycles. The number of benzene rings is 1. The average molecular weight is 320 g/mol. The van der Waals surface area contributed by atoms with Crippen LogP contribution in [0.25, 0.3) is 0 Å². The zero-order valence-corrected chi connectivity index (χ0v) is 12.8. The molecule has 1 heterocycles. The summed E-state index contributed by atoms with van der Waals surface area (Å²) in [5.41, 5.74) is 0.821. The standard InChI is InChI=1S/C16H14ClNO2S/c17-15-7-2-8-18-16(15)21-11-10-20-14-6-1-4-13(12-14)5-3-9-19/h1-2,4,6-8,12,19H,9-11H2. The number of hydrogen-bond acceptors (Lipinski definition) is 4. The summed E-state index contributed by atoms with van der Waals surface area (Å²) in [6, 6.07) is 11.1. The van der Waals surface area contributed by atoms with Crippen molar-refractivity contribution in [2.24, 2.45) is 0 Å². The van der Waals surface area contributed by atoms with Crippen molar-refractivity contribution in [3.05, 3.63) is 53.2 Å². The van der Waals surface area contributed by atoms with Crippen molar-refractivity contribution in [3.8, 4) is 17.6 Å². The summed E-state index contributed by atoms with van der Waals surface area (Å²) in [5, 5.41) is 10.1. The molecule has 0 aliphatic rings. The van der Waals surface area contributed by atoms with E-state index in [9.17, 15) is 0 Å². The van der Waals surface area contributed by atoms with Crippen molar-refractivity contribution in [2.75, 3.05) is 19.0 Å². The smallest absolute Gasteiger partial charge is 0.120 e. The molecule has 108 valence electrons. The van der Waals surface area contributed by atoms with Gasteiger partial charge in [-0.15, -0.1) is 11.8 Å². The van der Waals surface area contributed by atoms with E-state index >= 15 is 0 Å². The van der Waals surface area contributed by atoms with Crippen LogP contribution in [0.2, 0.25) is 5.02 Å². The largest absolute Gasteiger partial charge is 0.493 e. The number of aliphatic hydroxyl groups excluding tert-OH is 1. The van der Waals surface area contributed by atoms with Crippen LogP contribution in [-0.4, -0.2) is 29.1 Å². The van der Waals surface area contributed by atoms with Gasteiger partial charge in [-0.2, -0.15) is 0 Å². The maximum Gasteiger partial charge on any atom is 0.120 e. The second-order valence-electron chi connectivity index (χ2n) is 3.98. The van der Waals surface area contributed by atoms with Crippen molar-refractivity contribution >= 4 is 23.4 Å². The number of aliphatic hydroxyl groups is 1. The Kier molecular flexibility index (Phi) is 6.42. The number of pyridine rings is 1. The lowest BCUT2D eigenvalue weighted by molar-refractivity contribution is 0.344. The molecule has 0 radical (unpaired) electrons. The van der Waals surface area contributed by atoms with Gasteiger partial charge in [0.05, 0.1) is 11.6 Å². The quantitative estimate of drug-likeness (QED) is 0.522. The lowest BCUT2D eigenvalue weighted by Crippen LogP contribution is -2.00. The van der Waals surface area contributed by atoms with Crippen molar-refractivity contribution in [1.82, 2.24) is 4.98 Å². The first kappa shape index (κ1) is 15.7. The van der Waals surface area contributed by atoms with Crippen molar-refractivity contribution in [3.63, 3.8) is 0 Å². The number of rotatable bonds is 5. The summed E-state index contributed by atoms with van der Waals surface area (Å²) in [6.45, 7) is 0.404. The molecule has 1 aromatic carbocycles. The van der Waals surface area contributed by atoms with Crippen LogP contribution in [0.15, 0.2) is 47.6 Å². The minimum atomic E-state index is -0.146. The molecule has 0 spiro atoms. The molecule has 1 aromatic heterocycles. The first-order valence-electron chi connectivity index (χ1n) is 6.35. The van der Waals surface area contributed by atoms with Crippen LogP contribution >= 0.6 is 23.4 Å². The molecule has 0 atom stereocenters. The molecule has 1 N–H and O–H groups in total. The van der Waals surface area contributed by atoms with E-state index in [1.165, 1.54) is 0 Å². The highest BCUT2D eigenvalue weighted by atomic mass is 35.5. The topological polar surface area (TPSA) is 42.4 Å². The summed E-state index contributed by atoms with van der Waals surface area (Å²) in [6.07, 6.45) is 1.72. The van der Waals surface area contributed by atoms with Crippen LogP contribution < -0.4 is 4.74 Å². The van der Waals surface area contributed by atoms with Crippen molar-refractivity contribution in [2.45, 2.75) is 5.03 Å². The molecular formula is C16H14ClNO2S. The highest BCUT2D eigenvalue weighted by molar-refractivity contribution is 7.99. The van der Waals surface area contributed by atoms with Gasteiger partial charge < -0.3 is 9.84 Å². The Labute approximate surface area is 133 Å². The number of hydrogen-bond donors (Lipinski definition) is 1. The number of nitrogens with zero attached hydrogens (tertiary/aromatic N) is 1.